The number of hydrogen-bond donors (Lipinski definition) is 24. The van der Waals surface area contributed by atoms with Crippen LogP contribution in [0.5, 0.6) is 69.0 Å². The maximum Gasteiger partial charge on any atom is 0.304 e. The highest BCUT2D eigenvalue weighted by Gasteiger charge is 1.99. The molecule has 12 rings (SSSR count). The minimum atomic E-state index is -0.437. The lowest BCUT2D eigenvalue weighted by Crippen LogP contribution is -2.09. The van der Waals surface area contributed by atoms with Crippen LogP contribution in [0.2, 0.25) is 0 Å². The number of unbranched alkanes of at least 4 members (excludes halogenated alkanes) is 1. The van der Waals surface area contributed by atoms with Crippen molar-refractivity contribution in [3.05, 3.63) is 303 Å². The molecule has 12 aromatic carbocycles. The molecule has 0 radical (unpaired) electrons. The number of hydrogen-bond acceptors (Lipinski definition) is 33. The van der Waals surface area contributed by atoms with Gasteiger partial charge in [-0.2, -0.15) is 0 Å². The van der Waals surface area contributed by atoms with E-state index in [9.17, 15) is 9.59 Å². The second-order valence-electron chi connectivity index (χ2n) is 27.9. The molecule has 0 unspecified atom stereocenters. The highest BCUT2D eigenvalue weighted by atomic mass is 16.8. The van der Waals surface area contributed by atoms with Crippen LogP contribution >= 0.6 is 0 Å². The van der Waals surface area contributed by atoms with Crippen LogP contribution in [0.3, 0.4) is 0 Å². The van der Waals surface area contributed by atoms with Gasteiger partial charge in [-0.15, -0.1) is 0 Å². The Balaban J connectivity index is -0.000000327. The quantitative estimate of drug-likeness (QED) is 0.0120. The molecule has 0 amide bonds. The fourth-order valence-electron chi connectivity index (χ4n) is 6.96. The van der Waals surface area contributed by atoms with E-state index < -0.39 is 11.9 Å². The molecule has 0 spiro atoms. The zero-order valence-electron chi connectivity index (χ0n) is 80.1. The van der Waals surface area contributed by atoms with Gasteiger partial charge in [0.15, 0.2) is 13.6 Å². The van der Waals surface area contributed by atoms with Crippen LogP contribution in [-0.2, 0) is 42.7 Å². The second-order valence-corrected chi connectivity index (χ2v) is 27.9. The third-order valence-corrected chi connectivity index (χ3v) is 14.0. The summed E-state index contributed by atoms with van der Waals surface area (Å²) in [4.78, 5) is 20.3. The molecule has 0 fully saturated rings. The van der Waals surface area contributed by atoms with E-state index in [0.717, 1.165) is 19.6 Å². The van der Waals surface area contributed by atoms with E-state index in [1.807, 2.05) is 6.92 Å². The molecule has 33 nitrogen and oxygen atoms in total. The van der Waals surface area contributed by atoms with Gasteiger partial charge in [0, 0.05) is 41.3 Å². The Morgan fingerprint density at radius 2 is 0.378 bits per heavy atom. The van der Waals surface area contributed by atoms with E-state index in [4.69, 9.17) is 135 Å². The van der Waals surface area contributed by atoms with Crippen molar-refractivity contribution in [1.29, 1.82) is 0 Å². The van der Waals surface area contributed by atoms with Gasteiger partial charge < -0.3 is 163 Å². The summed E-state index contributed by atoms with van der Waals surface area (Å²) >= 11 is 0. The first-order valence-electron chi connectivity index (χ1n) is 42.0. The average molecular weight is 1880 g/mol. The zero-order chi connectivity index (χ0) is 104. The van der Waals surface area contributed by atoms with Crippen molar-refractivity contribution in [3.63, 3.8) is 0 Å². The summed E-state index contributed by atoms with van der Waals surface area (Å²) in [6, 6.07) is 80.4. The summed E-state index contributed by atoms with van der Waals surface area (Å²) in [6.45, 7) is 26.0. The predicted molar refractivity (Wildman–Crippen MR) is 552 cm³/mol. The number of carbonyl (C=O) groups excluding carboxylic acids is 2. The maximum absolute atomic E-state index is 10.1. The number of para-hydroxylation sites is 24. The Morgan fingerprint density at radius 3 is 0.452 bits per heavy atom. The Labute approximate surface area is 796 Å². The van der Waals surface area contributed by atoms with Crippen molar-refractivity contribution in [3.8, 4) is 69.0 Å². The largest absolute Gasteiger partial charge is 0.506 e. The molecule has 0 aliphatic rings. The van der Waals surface area contributed by atoms with E-state index in [-0.39, 0.29) is 82.6 Å². The van der Waals surface area contributed by atoms with Gasteiger partial charge in [0.2, 0.25) is 0 Å². The van der Waals surface area contributed by atoms with Crippen molar-refractivity contribution in [2.45, 2.75) is 115 Å². The number of allylic oxidation sites excluding steroid dienone is 2. The van der Waals surface area contributed by atoms with Crippen LogP contribution in [0, 0.1) is 5.41 Å². The van der Waals surface area contributed by atoms with Crippen LogP contribution in [0.1, 0.15) is 115 Å². The number of methoxy groups -OCH3 is 2. The number of ether oxygens (including phenoxy) is 7. The van der Waals surface area contributed by atoms with Gasteiger partial charge in [-0.25, -0.2) is 0 Å². The number of rotatable bonds is 14. The standard InChI is InChI=1S/12C6H7NO.C6H10O5.C6H12.C5H12O.C5H12.C4H10O3.C4H10/c12*7-5-3-1-2-4-6(5)8;1-5(7)10-3-9-4-11-6(2)8;2*1-3-5-6-4-2;1-5(2,3)4;1-5-3-7-4-6-2;1-3-4-2/h12*1-4,8H,7H2;3-4H2,1-2H3;5-6H,3-4H2,1-2H3;3-5H2,1-2H3;1-4H3;3-4H2,1-2H3;3-4H2,1-2H3/b;;;;;;;;;;;;;6-5+;;;;. The summed E-state index contributed by atoms with van der Waals surface area (Å²) in [7, 11) is 3.13. The van der Waals surface area contributed by atoms with Crippen LogP contribution < -0.4 is 68.8 Å². The van der Waals surface area contributed by atoms with Crippen LogP contribution in [0.25, 0.3) is 0 Å². The minimum Gasteiger partial charge on any atom is -0.506 e. The van der Waals surface area contributed by atoms with Gasteiger partial charge in [-0.05, 0) is 177 Å². The third-order valence-electron chi connectivity index (χ3n) is 14.0. The monoisotopic (exact) mass is 1880 g/mol. The summed E-state index contributed by atoms with van der Waals surface area (Å²) in [5.74, 6) is 0.876. The lowest BCUT2D eigenvalue weighted by molar-refractivity contribution is -0.173. The van der Waals surface area contributed by atoms with Crippen LogP contribution in [-0.4, -0.2) is 128 Å². The van der Waals surface area contributed by atoms with E-state index in [1.165, 1.54) is 39.5 Å². The molecule has 0 saturated heterocycles. The van der Waals surface area contributed by atoms with E-state index in [2.05, 4.69) is 103 Å². The number of benzene rings is 12. The Hall–Kier alpha value is -15.7. The molecule has 744 valence electrons. The molecule has 0 atom stereocenters. The predicted octanol–water partition coefficient (Wildman–Crippen LogP) is 19.6. The smallest absolute Gasteiger partial charge is 0.304 e. The number of phenolic OH excluding ortho intramolecular Hbond substituents is 12. The van der Waals surface area contributed by atoms with Crippen molar-refractivity contribution < 1.29 is 104 Å². The molecule has 0 bridgehead atoms. The number of carbonyl (C=O) groups is 2. The molecule has 0 aliphatic carbocycles. The Bertz CT molecular complexity index is 3670. The first-order chi connectivity index (χ1) is 63.9. The van der Waals surface area contributed by atoms with Crippen LogP contribution in [0.15, 0.2) is 303 Å². The molecule has 0 aliphatic heterocycles. The summed E-state index contributed by atoms with van der Waals surface area (Å²) < 4.78 is 32.1. The second kappa shape index (κ2) is 87.6. The molecule has 0 heterocycles. The highest BCUT2D eigenvalue weighted by molar-refractivity contribution is 5.66. The summed E-state index contributed by atoms with van der Waals surface area (Å²) in [5.41, 5.74) is 68.8. The van der Waals surface area contributed by atoms with Gasteiger partial charge in [-0.3, -0.25) is 9.59 Å². The van der Waals surface area contributed by atoms with Crippen molar-refractivity contribution in [2.75, 3.05) is 123 Å². The van der Waals surface area contributed by atoms with Gasteiger partial charge in [0.25, 0.3) is 0 Å². The summed E-state index contributed by atoms with van der Waals surface area (Å²) in [6.07, 6.45) is 10.5. The number of esters is 2. The number of nitrogen functional groups attached to an aromatic ring is 12. The van der Waals surface area contributed by atoms with Gasteiger partial charge in [0.05, 0.1) is 68.2 Å². The van der Waals surface area contributed by atoms with E-state index in [0.29, 0.717) is 87.2 Å². The van der Waals surface area contributed by atoms with Crippen LogP contribution in [0.4, 0.5) is 68.2 Å². The lowest BCUT2D eigenvalue weighted by atomic mass is 10.0. The molecule has 33 heteroatoms. The van der Waals surface area contributed by atoms with Gasteiger partial charge >= 0.3 is 11.9 Å². The molecule has 36 N–H and O–H groups in total. The molecular formula is C102H150N12O21. The molecule has 135 heavy (non-hydrogen) atoms. The summed E-state index contributed by atoms with van der Waals surface area (Å²) in [5, 5.41) is 106. The Kier molecular flexibility index (Phi) is 84.4. The maximum atomic E-state index is 10.1. The minimum absolute atomic E-state index is 0.146. The SMILES string of the molecule is CC(=O)OCOCOC(C)=O.CC(C)(C)C.CC/C=C/CC.CCCC.CCCOCC.COCOCOC.Nc1ccccc1O.Nc1ccccc1O.Nc1ccccc1O.Nc1ccccc1O.Nc1ccccc1O.Nc1ccccc1O.Nc1ccccc1O.Nc1ccccc1O.Nc1ccccc1O.Nc1ccccc1O.Nc1ccccc1O.Nc1ccccc1O. The third kappa shape index (κ3) is 87.4. The van der Waals surface area contributed by atoms with Gasteiger partial charge in [-0.1, -0.05) is 233 Å². The molecular weight excluding hydrogens is 1730 g/mol. The van der Waals surface area contributed by atoms with E-state index >= 15 is 0 Å². The van der Waals surface area contributed by atoms with E-state index in [1.54, 1.807) is 305 Å². The topological polar surface area (TPSA) is 654 Å². The zero-order valence-corrected chi connectivity index (χ0v) is 80.1. The number of aromatic hydroxyl groups is 12. The number of phenols is 12. The Morgan fingerprint density at radius 1 is 0.244 bits per heavy atom. The average Bonchev–Trinajstić information content (AvgIpc) is 1.01. The first kappa shape index (κ1) is 130. The van der Waals surface area contributed by atoms with Crippen molar-refractivity contribution in [2.24, 2.45) is 5.41 Å². The van der Waals surface area contributed by atoms with Crippen molar-refractivity contribution >= 4 is 80.2 Å². The fraction of sp³-hybridized carbons (Fsp3) is 0.255. The molecule has 12 aromatic rings. The fourth-order valence-corrected chi connectivity index (χ4v) is 6.96. The number of nitrogens with two attached hydrogens (primary N) is 12. The molecule has 0 aromatic heterocycles. The first-order valence-corrected chi connectivity index (χ1v) is 42.0. The lowest BCUT2D eigenvalue weighted by Gasteiger charge is -2.05. The van der Waals surface area contributed by atoms with Gasteiger partial charge in [0.1, 0.15) is 82.6 Å². The number of anilines is 12. The normalized spacial score (nSPS) is 9.14. The molecule has 0 saturated carbocycles. The highest BCUT2D eigenvalue weighted by Crippen LogP contribution is 2.24. The van der Waals surface area contributed by atoms with Crippen molar-refractivity contribution in [1.82, 2.24) is 0 Å².